The van der Waals surface area contributed by atoms with Crippen molar-refractivity contribution in [2.45, 2.75) is 65.5 Å². The van der Waals surface area contributed by atoms with Gasteiger partial charge in [0.25, 0.3) is 0 Å². The van der Waals surface area contributed by atoms with E-state index in [9.17, 15) is 19.5 Å². The summed E-state index contributed by atoms with van der Waals surface area (Å²) >= 11 is 0. The summed E-state index contributed by atoms with van der Waals surface area (Å²) < 4.78 is 16.4. The van der Waals surface area contributed by atoms with Gasteiger partial charge in [0.05, 0.1) is 5.92 Å². The number of rotatable bonds is 3. The van der Waals surface area contributed by atoms with E-state index >= 15 is 0 Å². The molecule has 1 N–H and O–H groups in total. The van der Waals surface area contributed by atoms with Gasteiger partial charge in [-0.2, -0.15) is 0 Å². The lowest BCUT2D eigenvalue weighted by Crippen LogP contribution is -2.43. The zero-order valence-corrected chi connectivity index (χ0v) is 17.4. The summed E-state index contributed by atoms with van der Waals surface area (Å²) in [6, 6.07) is 0. The Morgan fingerprint density at radius 1 is 1.24 bits per heavy atom. The molecule has 1 aliphatic heterocycles. The average molecular weight is 404 g/mol. The molecule has 1 unspecified atom stereocenters. The van der Waals surface area contributed by atoms with Crippen LogP contribution < -0.4 is 0 Å². The van der Waals surface area contributed by atoms with Crippen molar-refractivity contribution in [1.29, 1.82) is 0 Å². The molecule has 0 saturated carbocycles. The van der Waals surface area contributed by atoms with E-state index in [2.05, 4.69) is 6.58 Å². The van der Waals surface area contributed by atoms with Crippen LogP contribution in [0.2, 0.25) is 0 Å². The predicted octanol–water partition coefficient (Wildman–Crippen LogP) is 2.55. The number of hydrogen-bond acceptors (Lipinski definition) is 7. The van der Waals surface area contributed by atoms with E-state index in [1.807, 2.05) is 0 Å². The predicted molar refractivity (Wildman–Crippen MR) is 106 cm³/mol. The van der Waals surface area contributed by atoms with Crippen LogP contribution >= 0.6 is 0 Å². The SMILES string of the molecule is C=C1C(=O)O[C@@H]2/C=C(\C)[C@@H](OC(C)=O)C/C=C(\C)C(O)[C@@H](OC(=O)/C(C)=C\C)[C@@H]12. The Balaban J connectivity index is 2.52. The molecule has 0 aromatic carbocycles. The number of fused-ring (bicyclic) bond motifs is 1. The van der Waals surface area contributed by atoms with Gasteiger partial charge < -0.3 is 19.3 Å². The van der Waals surface area contributed by atoms with Gasteiger partial charge in [-0.25, -0.2) is 9.59 Å². The first-order valence-corrected chi connectivity index (χ1v) is 9.50. The molecule has 1 saturated heterocycles. The van der Waals surface area contributed by atoms with Crippen LogP contribution in [0.1, 0.15) is 41.0 Å². The van der Waals surface area contributed by atoms with Crippen LogP contribution in [0.5, 0.6) is 0 Å². The lowest BCUT2D eigenvalue weighted by molar-refractivity contribution is -0.153. The van der Waals surface area contributed by atoms with Gasteiger partial charge in [0, 0.05) is 24.5 Å². The zero-order valence-electron chi connectivity index (χ0n) is 17.4. The van der Waals surface area contributed by atoms with Gasteiger partial charge in [-0.15, -0.1) is 0 Å². The van der Waals surface area contributed by atoms with Gasteiger partial charge in [-0.3, -0.25) is 4.79 Å². The van der Waals surface area contributed by atoms with Crippen LogP contribution in [-0.2, 0) is 28.6 Å². The highest BCUT2D eigenvalue weighted by Gasteiger charge is 2.47. The summed E-state index contributed by atoms with van der Waals surface area (Å²) in [5.41, 5.74) is 1.71. The van der Waals surface area contributed by atoms with Gasteiger partial charge in [-0.05, 0) is 44.9 Å². The molecule has 0 amide bonds. The molecule has 158 valence electrons. The molecule has 29 heavy (non-hydrogen) atoms. The minimum Gasteiger partial charge on any atom is -0.458 e. The molecule has 5 atom stereocenters. The number of esters is 3. The summed E-state index contributed by atoms with van der Waals surface area (Å²) in [5.74, 6) is -2.43. The van der Waals surface area contributed by atoms with Crippen molar-refractivity contribution in [2.24, 2.45) is 5.92 Å². The van der Waals surface area contributed by atoms with Crippen LogP contribution in [0, 0.1) is 5.92 Å². The van der Waals surface area contributed by atoms with Crippen LogP contribution in [0.25, 0.3) is 0 Å². The Kier molecular flexibility index (Phi) is 7.19. The fraction of sp³-hybridized carbons (Fsp3) is 0.500. The maximum absolute atomic E-state index is 12.4. The summed E-state index contributed by atoms with van der Waals surface area (Å²) in [6.45, 7) is 11.9. The lowest BCUT2D eigenvalue weighted by atomic mass is 9.83. The summed E-state index contributed by atoms with van der Waals surface area (Å²) in [4.78, 5) is 36.1. The molecule has 2 rings (SSSR count). The molecular formula is C22H28O7. The Labute approximate surface area is 170 Å². The smallest absolute Gasteiger partial charge is 0.334 e. The second-order valence-electron chi connectivity index (χ2n) is 7.40. The van der Waals surface area contributed by atoms with Gasteiger partial charge in [0.15, 0.2) is 0 Å². The number of hydrogen-bond donors (Lipinski definition) is 1. The maximum Gasteiger partial charge on any atom is 0.334 e. The van der Waals surface area contributed by atoms with E-state index in [1.54, 1.807) is 45.9 Å². The molecule has 0 radical (unpaired) electrons. The third kappa shape index (κ3) is 5.03. The first-order valence-electron chi connectivity index (χ1n) is 9.50. The van der Waals surface area contributed by atoms with E-state index in [0.717, 1.165) is 0 Å². The van der Waals surface area contributed by atoms with Gasteiger partial charge >= 0.3 is 17.9 Å². The molecule has 0 aromatic rings. The monoisotopic (exact) mass is 404 g/mol. The highest BCUT2D eigenvalue weighted by molar-refractivity contribution is 5.92. The van der Waals surface area contributed by atoms with E-state index in [-0.39, 0.29) is 5.57 Å². The summed E-state index contributed by atoms with van der Waals surface area (Å²) in [5, 5.41) is 10.9. The molecule has 7 heteroatoms. The standard InChI is InChI=1S/C22H28O7/c1-7-11(2)21(25)29-20-18-14(5)22(26)28-17(18)10-13(4)16(27-15(6)23)9-8-12(3)19(20)24/h7-8,10,16-20,24H,5,9H2,1-4,6H3/b11-7-,12-8+,13-10+/t16-,17+,18-,19?,20-/m0/s1. The van der Waals surface area contributed by atoms with Crippen molar-refractivity contribution in [1.82, 2.24) is 0 Å². The van der Waals surface area contributed by atoms with Crippen molar-refractivity contribution in [2.75, 3.05) is 0 Å². The van der Waals surface area contributed by atoms with E-state index in [0.29, 0.717) is 23.1 Å². The molecule has 7 nitrogen and oxygen atoms in total. The Morgan fingerprint density at radius 3 is 2.48 bits per heavy atom. The highest BCUT2D eigenvalue weighted by Crippen LogP contribution is 2.37. The number of allylic oxidation sites excluding steroid dienone is 1. The minimum atomic E-state index is -1.19. The van der Waals surface area contributed by atoms with E-state index < -0.39 is 48.2 Å². The molecule has 1 heterocycles. The van der Waals surface area contributed by atoms with Crippen LogP contribution in [0.15, 0.2) is 47.1 Å². The van der Waals surface area contributed by atoms with Gasteiger partial charge in [-0.1, -0.05) is 18.7 Å². The fourth-order valence-electron chi connectivity index (χ4n) is 3.36. The quantitative estimate of drug-likeness (QED) is 0.334. The normalized spacial score (nSPS) is 34.1. The van der Waals surface area contributed by atoms with E-state index in [4.69, 9.17) is 14.2 Å². The largest absolute Gasteiger partial charge is 0.458 e. The van der Waals surface area contributed by atoms with Crippen molar-refractivity contribution >= 4 is 17.9 Å². The molecule has 0 aromatic heterocycles. The van der Waals surface area contributed by atoms with E-state index in [1.165, 1.54) is 6.92 Å². The maximum atomic E-state index is 12.4. The zero-order chi connectivity index (χ0) is 21.9. The number of aliphatic hydroxyl groups excluding tert-OH is 1. The first kappa shape index (κ1) is 22.6. The number of aliphatic hydroxyl groups is 1. The number of carbonyl (C=O) groups excluding carboxylic acids is 3. The molecule has 0 spiro atoms. The van der Waals surface area contributed by atoms with Crippen molar-refractivity contribution in [3.63, 3.8) is 0 Å². The van der Waals surface area contributed by atoms with Crippen molar-refractivity contribution < 1.29 is 33.7 Å². The van der Waals surface area contributed by atoms with Crippen LogP contribution in [0.4, 0.5) is 0 Å². The first-order chi connectivity index (χ1) is 13.6. The second-order valence-corrected chi connectivity index (χ2v) is 7.40. The van der Waals surface area contributed by atoms with Crippen LogP contribution in [0.3, 0.4) is 0 Å². The molecule has 1 aliphatic carbocycles. The Hall–Kier alpha value is -2.67. The second kappa shape index (κ2) is 9.22. The summed E-state index contributed by atoms with van der Waals surface area (Å²) in [7, 11) is 0. The van der Waals surface area contributed by atoms with Gasteiger partial charge in [0.2, 0.25) is 0 Å². The fourth-order valence-corrected chi connectivity index (χ4v) is 3.36. The average Bonchev–Trinajstić information content (AvgIpc) is 2.93. The Bertz CT molecular complexity index is 802. The summed E-state index contributed by atoms with van der Waals surface area (Å²) in [6.07, 6.45) is 1.71. The third-order valence-electron chi connectivity index (χ3n) is 5.29. The van der Waals surface area contributed by atoms with Gasteiger partial charge in [0.1, 0.15) is 24.4 Å². The minimum absolute atomic E-state index is 0.117. The Morgan fingerprint density at radius 2 is 1.90 bits per heavy atom. The lowest BCUT2D eigenvalue weighted by Gasteiger charge is -2.32. The molecular weight excluding hydrogens is 376 g/mol. The molecule has 1 fully saturated rings. The topological polar surface area (TPSA) is 99.1 Å². The molecule has 2 aliphatic rings. The van der Waals surface area contributed by atoms with Crippen molar-refractivity contribution in [3.05, 3.63) is 47.1 Å². The molecule has 0 bridgehead atoms. The number of carbonyl (C=O) groups is 3. The highest BCUT2D eigenvalue weighted by atomic mass is 16.6. The van der Waals surface area contributed by atoms with Crippen LogP contribution in [-0.4, -0.2) is 47.4 Å². The third-order valence-corrected chi connectivity index (χ3v) is 5.29. The van der Waals surface area contributed by atoms with Crippen molar-refractivity contribution in [3.8, 4) is 0 Å². The number of ether oxygens (including phenoxy) is 3.